The van der Waals surface area contributed by atoms with Crippen LogP contribution in [0, 0.1) is 6.92 Å². The molecule has 1 unspecified atom stereocenters. The van der Waals surface area contributed by atoms with E-state index in [0.717, 1.165) is 37.5 Å². The van der Waals surface area contributed by atoms with Crippen molar-refractivity contribution in [3.8, 4) is 0 Å². The summed E-state index contributed by atoms with van der Waals surface area (Å²) < 4.78 is 0. The SMILES string of the molecule is CC(=O)CN1CCN2c3ccc(C)c(Cl)c3CCC2C1. The summed E-state index contributed by atoms with van der Waals surface area (Å²) in [6.45, 7) is 7.27. The van der Waals surface area contributed by atoms with Gasteiger partial charge in [-0.15, -0.1) is 0 Å². The van der Waals surface area contributed by atoms with Crippen LogP contribution in [0.3, 0.4) is 0 Å². The first-order valence-corrected chi connectivity index (χ1v) is 7.70. The van der Waals surface area contributed by atoms with Crippen molar-refractivity contribution in [2.45, 2.75) is 32.7 Å². The van der Waals surface area contributed by atoms with Gasteiger partial charge in [-0.05, 0) is 43.9 Å². The first-order valence-electron chi connectivity index (χ1n) is 7.32. The molecule has 2 aliphatic rings. The number of fused-ring (bicyclic) bond motifs is 3. The monoisotopic (exact) mass is 292 g/mol. The zero-order valence-electron chi connectivity index (χ0n) is 12.2. The van der Waals surface area contributed by atoms with Crippen molar-refractivity contribution in [3.63, 3.8) is 0 Å². The molecule has 0 N–H and O–H groups in total. The lowest BCUT2D eigenvalue weighted by Crippen LogP contribution is -2.55. The van der Waals surface area contributed by atoms with Gasteiger partial charge in [-0.2, -0.15) is 0 Å². The average Bonchev–Trinajstić information content (AvgIpc) is 2.41. The Labute approximate surface area is 125 Å². The van der Waals surface area contributed by atoms with Crippen LogP contribution in [0.4, 0.5) is 5.69 Å². The van der Waals surface area contributed by atoms with Gasteiger partial charge < -0.3 is 4.90 Å². The fraction of sp³-hybridized carbons (Fsp3) is 0.562. The standard InChI is InChI=1S/C16H21ClN2O/c1-11-3-6-15-14(16(11)17)5-4-13-10-18(9-12(2)20)7-8-19(13)15/h3,6,13H,4-5,7-10H2,1-2H3. The minimum absolute atomic E-state index is 0.258. The molecule has 0 amide bonds. The zero-order valence-corrected chi connectivity index (χ0v) is 12.9. The molecule has 1 saturated heterocycles. The predicted octanol–water partition coefficient (Wildman–Crippen LogP) is 2.67. The smallest absolute Gasteiger partial charge is 0.143 e. The third kappa shape index (κ3) is 2.45. The van der Waals surface area contributed by atoms with Crippen LogP contribution in [0.25, 0.3) is 0 Å². The number of hydrogen-bond donors (Lipinski definition) is 0. The number of rotatable bonds is 2. The van der Waals surface area contributed by atoms with E-state index < -0.39 is 0 Å². The Bertz CT molecular complexity index is 544. The van der Waals surface area contributed by atoms with Gasteiger partial charge in [-0.25, -0.2) is 0 Å². The molecule has 3 rings (SSSR count). The lowest BCUT2D eigenvalue weighted by Gasteiger charge is -2.46. The summed E-state index contributed by atoms with van der Waals surface area (Å²) in [6, 6.07) is 4.85. The van der Waals surface area contributed by atoms with Crippen molar-refractivity contribution in [2.75, 3.05) is 31.1 Å². The van der Waals surface area contributed by atoms with Gasteiger partial charge in [-0.3, -0.25) is 9.69 Å². The maximum absolute atomic E-state index is 11.3. The second-order valence-electron chi connectivity index (χ2n) is 6.02. The topological polar surface area (TPSA) is 23.6 Å². The Hall–Kier alpha value is -1.06. The third-order valence-electron chi connectivity index (χ3n) is 4.46. The maximum atomic E-state index is 11.3. The van der Waals surface area contributed by atoms with Crippen molar-refractivity contribution >= 4 is 23.1 Å². The van der Waals surface area contributed by atoms with Gasteiger partial charge in [0.25, 0.3) is 0 Å². The summed E-state index contributed by atoms with van der Waals surface area (Å²) in [5, 5.41) is 0.937. The predicted molar refractivity (Wildman–Crippen MR) is 82.8 cm³/mol. The second kappa shape index (κ2) is 5.38. The summed E-state index contributed by atoms with van der Waals surface area (Å²) >= 11 is 6.46. The van der Waals surface area contributed by atoms with E-state index in [9.17, 15) is 4.79 Å². The van der Waals surface area contributed by atoms with Crippen molar-refractivity contribution in [3.05, 3.63) is 28.3 Å². The van der Waals surface area contributed by atoms with Crippen LogP contribution >= 0.6 is 11.6 Å². The molecule has 108 valence electrons. The number of benzene rings is 1. The number of hydrogen-bond acceptors (Lipinski definition) is 3. The highest BCUT2D eigenvalue weighted by atomic mass is 35.5. The molecule has 1 aromatic carbocycles. The van der Waals surface area contributed by atoms with Gasteiger partial charge in [0.1, 0.15) is 5.78 Å². The number of aryl methyl sites for hydroxylation is 1. The van der Waals surface area contributed by atoms with E-state index in [1.807, 2.05) is 0 Å². The molecule has 2 heterocycles. The highest BCUT2D eigenvalue weighted by Crippen LogP contribution is 2.38. The van der Waals surface area contributed by atoms with Gasteiger partial charge in [0.05, 0.1) is 6.54 Å². The minimum Gasteiger partial charge on any atom is -0.366 e. The van der Waals surface area contributed by atoms with Crippen LogP contribution in [0.2, 0.25) is 5.02 Å². The van der Waals surface area contributed by atoms with E-state index in [-0.39, 0.29) is 5.78 Å². The molecular formula is C16H21ClN2O. The minimum atomic E-state index is 0.258. The number of ketones is 1. The molecule has 1 atom stereocenters. The summed E-state index contributed by atoms with van der Waals surface area (Å²) in [7, 11) is 0. The maximum Gasteiger partial charge on any atom is 0.143 e. The van der Waals surface area contributed by atoms with Crippen LogP contribution in [-0.2, 0) is 11.2 Å². The average molecular weight is 293 g/mol. The van der Waals surface area contributed by atoms with Crippen molar-refractivity contribution in [1.29, 1.82) is 0 Å². The van der Waals surface area contributed by atoms with Gasteiger partial charge >= 0.3 is 0 Å². The van der Waals surface area contributed by atoms with Crippen molar-refractivity contribution in [2.24, 2.45) is 0 Å². The molecule has 20 heavy (non-hydrogen) atoms. The molecular weight excluding hydrogens is 272 g/mol. The van der Waals surface area contributed by atoms with Crippen LogP contribution in [0.5, 0.6) is 0 Å². The molecule has 1 aromatic rings. The van der Waals surface area contributed by atoms with Crippen LogP contribution in [-0.4, -0.2) is 42.9 Å². The third-order valence-corrected chi connectivity index (χ3v) is 4.99. The Morgan fingerprint density at radius 2 is 2.20 bits per heavy atom. The number of anilines is 1. The molecule has 0 saturated carbocycles. The van der Waals surface area contributed by atoms with E-state index >= 15 is 0 Å². The Morgan fingerprint density at radius 1 is 1.40 bits per heavy atom. The fourth-order valence-electron chi connectivity index (χ4n) is 3.49. The number of halogens is 1. The molecule has 0 spiro atoms. The normalized spacial score (nSPS) is 22.4. The summed E-state index contributed by atoms with van der Waals surface area (Å²) in [5.41, 5.74) is 3.78. The Balaban J connectivity index is 1.82. The molecule has 0 aromatic heterocycles. The Kier molecular flexibility index (Phi) is 3.74. The number of carbonyl (C=O) groups excluding carboxylic acids is 1. The summed E-state index contributed by atoms with van der Waals surface area (Å²) in [6.07, 6.45) is 2.18. The summed E-state index contributed by atoms with van der Waals surface area (Å²) in [4.78, 5) is 16.0. The first kappa shape index (κ1) is 13.9. The van der Waals surface area contributed by atoms with Gasteiger partial charge in [0, 0.05) is 36.4 Å². The molecule has 4 heteroatoms. The van der Waals surface area contributed by atoms with Crippen LogP contribution in [0.15, 0.2) is 12.1 Å². The van der Waals surface area contributed by atoms with Crippen molar-refractivity contribution < 1.29 is 4.79 Å². The van der Waals surface area contributed by atoms with E-state index in [1.54, 1.807) is 6.92 Å². The largest absolute Gasteiger partial charge is 0.366 e. The second-order valence-corrected chi connectivity index (χ2v) is 6.40. The quantitative estimate of drug-likeness (QED) is 0.837. The van der Waals surface area contributed by atoms with E-state index in [2.05, 4.69) is 28.9 Å². The zero-order chi connectivity index (χ0) is 14.3. The number of carbonyl (C=O) groups is 1. The molecule has 1 fully saturated rings. The van der Waals surface area contributed by atoms with Gasteiger partial charge in [0.15, 0.2) is 0 Å². The lowest BCUT2D eigenvalue weighted by molar-refractivity contribution is -0.118. The first-order chi connectivity index (χ1) is 9.56. The van der Waals surface area contributed by atoms with Crippen molar-refractivity contribution in [1.82, 2.24) is 4.90 Å². The number of piperazine rings is 1. The van der Waals surface area contributed by atoms with E-state index in [1.165, 1.54) is 16.8 Å². The number of Topliss-reactive ketones (excluding diaryl/α,β-unsaturated/α-hetero) is 1. The van der Waals surface area contributed by atoms with E-state index in [0.29, 0.717) is 12.6 Å². The Morgan fingerprint density at radius 3 is 2.95 bits per heavy atom. The highest BCUT2D eigenvalue weighted by Gasteiger charge is 2.32. The number of nitrogens with zero attached hydrogens (tertiary/aromatic N) is 2. The van der Waals surface area contributed by atoms with Crippen LogP contribution < -0.4 is 4.90 Å². The molecule has 2 aliphatic heterocycles. The molecule has 0 radical (unpaired) electrons. The van der Waals surface area contributed by atoms with E-state index in [4.69, 9.17) is 11.6 Å². The van der Waals surface area contributed by atoms with Crippen LogP contribution in [0.1, 0.15) is 24.5 Å². The van der Waals surface area contributed by atoms with Gasteiger partial charge in [0.2, 0.25) is 0 Å². The van der Waals surface area contributed by atoms with Gasteiger partial charge in [-0.1, -0.05) is 17.7 Å². The summed E-state index contributed by atoms with van der Waals surface area (Å²) in [5.74, 6) is 0.258. The molecule has 3 nitrogen and oxygen atoms in total. The highest BCUT2D eigenvalue weighted by molar-refractivity contribution is 6.32. The molecule has 0 aliphatic carbocycles. The molecule has 0 bridgehead atoms. The fourth-order valence-corrected chi connectivity index (χ4v) is 3.74. The lowest BCUT2D eigenvalue weighted by atomic mass is 9.92.